The van der Waals surface area contributed by atoms with Crippen molar-refractivity contribution < 1.29 is 27.4 Å². The maximum absolute atomic E-state index is 12.8. The first-order valence-electron chi connectivity index (χ1n) is 5.51. The van der Waals surface area contributed by atoms with Gasteiger partial charge in [0, 0.05) is 6.54 Å². The highest BCUT2D eigenvalue weighted by Gasteiger charge is 2.33. The molecule has 6 nitrogen and oxygen atoms in total. The first-order chi connectivity index (χ1) is 8.91. The Morgan fingerprint density at radius 2 is 2.00 bits per heavy atom. The van der Waals surface area contributed by atoms with Crippen molar-refractivity contribution in [3.8, 4) is 0 Å². The van der Waals surface area contributed by atoms with Crippen molar-refractivity contribution >= 4 is 16.0 Å². The van der Waals surface area contributed by atoms with Crippen LogP contribution >= 0.6 is 0 Å². The highest BCUT2D eigenvalue weighted by molar-refractivity contribution is 7.89. The SMILES string of the molecule is O=C(O)C1CN(S(=O)(=O)c2ccc(F)cc2)CCO1. The summed E-state index contributed by atoms with van der Waals surface area (Å²) in [4.78, 5) is 10.7. The van der Waals surface area contributed by atoms with Gasteiger partial charge in [-0.15, -0.1) is 0 Å². The zero-order valence-electron chi connectivity index (χ0n) is 9.82. The van der Waals surface area contributed by atoms with E-state index in [0.717, 1.165) is 28.6 Å². The lowest BCUT2D eigenvalue weighted by molar-refractivity contribution is -0.153. The van der Waals surface area contributed by atoms with Crippen molar-refractivity contribution in [1.29, 1.82) is 0 Å². The Morgan fingerprint density at radius 3 is 2.58 bits per heavy atom. The number of sulfonamides is 1. The average molecular weight is 289 g/mol. The lowest BCUT2D eigenvalue weighted by Gasteiger charge is -2.29. The molecule has 0 spiro atoms. The van der Waals surface area contributed by atoms with Gasteiger partial charge in [-0.2, -0.15) is 4.31 Å². The van der Waals surface area contributed by atoms with E-state index in [1.54, 1.807) is 0 Å². The van der Waals surface area contributed by atoms with Gasteiger partial charge in [-0.25, -0.2) is 17.6 Å². The van der Waals surface area contributed by atoms with Gasteiger partial charge in [-0.3, -0.25) is 0 Å². The number of aliphatic carboxylic acids is 1. The van der Waals surface area contributed by atoms with Gasteiger partial charge >= 0.3 is 5.97 Å². The summed E-state index contributed by atoms with van der Waals surface area (Å²) in [5, 5.41) is 8.83. The summed E-state index contributed by atoms with van der Waals surface area (Å²) < 4.78 is 43.2. The van der Waals surface area contributed by atoms with Gasteiger partial charge in [0.05, 0.1) is 18.0 Å². The minimum atomic E-state index is -3.82. The number of hydrogen-bond acceptors (Lipinski definition) is 4. The van der Waals surface area contributed by atoms with Crippen molar-refractivity contribution in [3.63, 3.8) is 0 Å². The van der Waals surface area contributed by atoms with Gasteiger partial charge in [0.1, 0.15) is 5.82 Å². The van der Waals surface area contributed by atoms with E-state index in [1.807, 2.05) is 0 Å². The molecule has 8 heteroatoms. The molecule has 0 bridgehead atoms. The Morgan fingerprint density at radius 1 is 1.37 bits per heavy atom. The van der Waals surface area contributed by atoms with Gasteiger partial charge in [0.2, 0.25) is 10.0 Å². The van der Waals surface area contributed by atoms with Gasteiger partial charge in [0.15, 0.2) is 6.10 Å². The van der Waals surface area contributed by atoms with E-state index >= 15 is 0 Å². The van der Waals surface area contributed by atoms with Crippen LogP contribution in [0.1, 0.15) is 0 Å². The highest BCUT2D eigenvalue weighted by Crippen LogP contribution is 2.19. The van der Waals surface area contributed by atoms with Crippen LogP contribution in [0.15, 0.2) is 29.2 Å². The maximum Gasteiger partial charge on any atom is 0.334 e. The van der Waals surface area contributed by atoms with Gasteiger partial charge < -0.3 is 9.84 Å². The van der Waals surface area contributed by atoms with Crippen LogP contribution in [0.25, 0.3) is 0 Å². The summed E-state index contributed by atoms with van der Waals surface area (Å²) in [6, 6.07) is 4.38. The molecule has 2 rings (SSSR count). The van der Waals surface area contributed by atoms with E-state index in [4.69, 9.17) is 9.84 Å². The molecule has 1 saturated heterocycles. The fourth-order valence-electron chi connectivity index (χ4n) is 1.75. The molecule has 0 saturated carbocycles. The maximum atomic E-state index is 12.8. The van der Waals surface area contributed by atoms with Gasteiger partial charge in [0.25, 0.3) is 0 Å². The van der Waals surface area contributed by atoms with E-state index in [2.05, 4.69) is 0 Å². The molecule has 1 aliphatic rings. The molecule has 0 aliphatic carbocycles. The molecule has 1 aromatic rings. The number of morpholine rings is 1. The Bertz CT molecular complexity index is 571. The van der Waals surface area contributed by atoms with Crippen molar-refractivity contribution in [2.24, 2.45) is 0 Å². The summed E-state index contributed by atoms with van der Waals surface area (Å²) in [6.07, 6.45) is -1.18. The number of carboxylic acids is 1. The molecule has 1 aliphatic heterocycles. The minimum Gasteiger partial charge on any atom is -0.479 e. The summed E-state index contributed by atoms with van der Waals surface area (Å²) >= 11 is 0. The number of hydrogen-bond donors (Lipinski definition) is 1. The topological polar surface area (TPSA) is 83.9 Å². The first-order valence-corrected chi connectivity index (χ1v) is 6.95. The molecular formula is C11H12FNO5S. The standard InChI is InChI=1S/C11H12FNO5S/c12-8-1-3-9(4-2-8)19(16,17)13-5-6-18-10(7-13)11(14)15/h1-4,10H,5-7H2,(H,14,15). The zero-order valence-corrected chi connectivity index (χ0v) is 10.6. The van der Waals surface area contributed by atoms with Crippen LogP contribution in [0.2, 0.25) is 0 Å². The summed E-state index contributed by atoms with van der Waals surface area (Å²) in [5.41, 5.74) is 0. The largest absolute Gasteiger partial charge is 0.479 e. The zero-order chi connectivity index (χ0) is 14.0. The lowest BCUT2D eigenvalue weighted by Crippen LogP contribution is -2.48. The average Bonchev–Trinajstić information content (AvgIpc) is 2.39. The van der Waals surface area contributed by atoms with Crippen molar-refractivity contribution in [1.82, 2.24) is 4.31 Å². The van der Waals surface area contributed by atoms with Crippen LogP contribution in [-0.4, -0.2) is 49.6 Å². The molecule has 0 aromatic heterocycles. The molecule has 1 N–H and O–H groups in total. The molecule has 1 unspecified atom stereocenters. The van der Waals surface area contributed by atoms with E-state index in [9.17, 15) is 17.6 Å². The highest BCUT2D eigenvalue weighted by atomic mass is 32.2. The summed E-state index contributed by atoms with van der Waals surface area (Å²) in [5.74, 6) is -1.75. The van der Waals surface area contributed by atoms with E-state index in [-0.39, 0.29) is 24.6 Å². The van der Waals surface area contributed by atoms with Crippen molar-refractivity contribution in [2.45, 2.75) is 11.0 Å². The number of ether oxygens (including phenoxy) is 1. The molecule has 0 radical (unpaired) electrons. The number of carbonyl (C=O) groups is 1. The molecule has 1 fully saturated rings. The molecule has 1 aromatic carbocycles. The lowest BCUT2D eigenvalue weighted by atomic mass is 10.3. The number of benzene rings is 1. The predicted octanol–water partition coefficient (Wildman–Crippen LogP) is 0.300. The van der Waals surface area contributed by atoms with Crippen molar-refractivity contribution in [2.75, 3.05) is 19.7 Å². The normalized spacial score (nSPS) is 21.2. The second kappa shape index (κ2) is 5.24. The van der Waals surface area contributed by atoms with E-state index in [0.29, 0.717) is 0 Å². The molecule has 1 heterocycles. The second-order valence-corrected chi connectivity index (χ2v) is 5.95. The summed E-state index contributed by atoms with van der Waals surface area (Å²) in [7, 11) is -3.82. The Hall–Kier alpha value is -1.51. The first kappa shape index (κ1) is 13.9. The number of nitrogens with zero attached hydrogens (tertiary/aromatic N) is 1. The van der Waals surface area contributed by atoms with Gasteiger partial charge in [-0.05, 0) is 24.3 Å². The number of carboxylic acid groups (broad SMARTS) is 1. The van der Waals surface area contributed by atoms with Crippen LogP contribution in [-0.2, 0) is 19.6 Å². The Balaban J connectivity index is 2.24. The van der Waals surface area contributed by atoms with Crippen LogP contribution in [0.3, 0.4) is 0 Å². The fourth-order valence-corrected chi connectivity index (χ4v) is 3.17. The molecule has 0 amide bonds. The van der Waals surface area contributed by atoms with Crippen LogP contribution in [0.5, 0.6) is 0 Å². The van der Waals surface area contributed by atoms with Crippen LogP contribution in [0, 0.1) is 5.82 Å². The minimum absolute atomic E-state index is 0.0113. The van der Waals surface area contributed by atoms with Crippen LogP contribution < -0.4 is 0 Å². The van der Waals surface area contributed by atoms with Gasteiger partial charge in [-0.1, -0.05) is 0 Å². The third-order valence-electron chi connectivity index (χ3n) is 2.76. The Kier molecular flexibility index (Phi) is 3.83. The number of rotatable bonds is 3. The smallest absolute Gasteiger partial charge is 0.334 e. The Labute approximate surface area is 109 Å². The molecule has 104 valence electrons. The number of halogens is 1. The van der Waals surface area contributed by atoms with Crippen molar-refractivity contribution in [3.05, 3.63) is 30.1 Å². The third kappa shape index (κ3) is 2.91. The van der Waals surface area contributed by atoms with E-state index < -0.39 is 27.9 Å². The quantitative estimate of drug-likeness (QED) is 0.865. The molecule has 19 heavy (non-hydrogen) atoms. The fraction of sp³-hybridized carbons (Fsp3) is 0.364. The van der Waals surface area contributed by atoms with E-state index in [1.165, 1.54) is 0 Å². The monoisotopic (exact) mass is 289 g/mol. The summed E-state index contributed by atoms with van der Waals surface area (Å²) in [6.45, 7) is -0.171. The van der Waals surface area contributed by atoms with Crippen LogP contribution in [0.4, 0.5) is 4.39 Å². The predicted molar refractivity (Wildman–Crippen MR) is 62.5 cm³/mol. The second-order valence-electron chi connectivity index (χ2n) is 4.01. The molecular weight excluding hydrogens is 277 g/mol. The molecule has 1 atom stereocenters. The third-order valence-corrected chi connectivity index (χ3v) is 4.64.